The Balaban J connectivity index is 1.95. The molecule has 5 heteroatoms. The van der Waals surface area contributed by atoms with E-state index in [2.05, 4.69) is 0 Å². The van der Waals surface area contributed by atoms with E-state index in [0.29, 0.717) is 17.4 Å². The largest absolute Gasteiger partial charge is 0.448 e. The van der Waals surface area contributed by atoms with Gasteiger partial charge >= 0.3 is 0 Å². The lowest BCUT2D eigenvalue weighted by molar-refractivity contribution is -0.118. The molecule has 104 valence electrons. The molecule has 0 fully saturated rings. The predicted octanol–water partition coefficient (Wildman–Crippen LogP) is 2.89. The monoisotopic (exact) mass is 290 g/mol. The summed E-state index contributed by atoms with van der Waals surface area (Å²) in [7, 11) is 1.80. The normalized spacial score (nSPS) is 16.1. The van der Waals surface area contributed by atoms with Crippen molar-refractivity contribution in [2.24, 2.45) is 5.73 Å². The Morgan fingerprint density at radius 2 is 2.10 bits per heavy atom. The summed E-state index contributed by atoms with van der Waals surface area (Å²) in [5, 5.41) is 0.332. The quantitative estimate of drug-likeness (QED) is 0.925. The molecule has 1 aromatic heterocycles. The van der Waals surface area contributed by atoms with Crippen molar-refractivity contribution in [3.05, 3.63) is 52.4 Å². The third kappa shape index (κ3) is 2.21. The molecular formula is C15H15ClN2O2. The molecular weight excluding hydrogens is 276 g/mol. The van der Waals surface area contributed by atoms with E-state index < -0.39 is 0 Å². The predicted molar refractivity (Wildman–Crippen MR) is 77.9 cm³/mol. The van der Waals surface area contributed by atoms with Crippen molar-refractivity contribution in [3.8, 4) is 0 Å². The Morgan fingerprint density at radius 1 is 1.30 bits per heavy atom. The molecule has 1 unspecified atom stereocenters. The lowest BCUT2D eigenvalue weighted by Crippen LogP contribution is -2.31. The third-order valence-electron chi connectivity index (χ3n) is 3.71. The number of furan rings is 1. The van der Waals surface area contributed by atoms with Gasteiger partial charge in [-0.25, -0.2) is 0 Å². The molecule has 20 heavy (non-hydrogen) atoms. The first-order valence-corrected chi connectivity index (χ1v) is 6.84. The molecule has 4 nitrogen and oxygen atoms in total. The molecule has 1 amide bonds. The van der Waals surface area contributed by atoms with Crippen LogP contribution in [0.15, 0.2) is 34.7 Å². The van der Waals surface area contributed by atoms with E-state index in [-0.39, 0.29) is 11.9 Å². The van der Waals surface area contributed by atoms with Gasteiger partial charge in [0.2, 0.25) is 5.91 Å². The van der Waals surface area contributed by atoms with Crippen LogP contribution < -0.4 is 10.6 Å². The van der Waals surface area contributed by atoms with Crippen molar-refractivity contribution in [3.63, 3.8) is 0 Å². The fourth-order valence-corrected chi connectivity index (χ4v) is 2.68. The zero-order valence-corrected chi connectivity index (χ0v) is 11.9. The number of fused-ring (bicyclic) bond motifs is 1. The number of hydrogen-bond donors (Lipinski definition) is 1. The number of nitrogens with two attached hydrogens (primary N) is 1. The molecule has 0 saturated heterocycles. The number of carbonyl (C=O) groups is 1. The zero-order valence-electron chi connectivity index (χ0n) is 11.1. The first kappa shape index (κ1) is 13.2. The first-order valence-electron chi connectivity index (χ1n) is 6.46. The van der Waals surface area contributed by atoms with Crippen molar-refractivity contribution in [2.75, 3.05) is 11.9 Å². The molecule has 0 saturated carbocycles. The average molecular weight is 291 g/mol. The van der Waals surface area contributed by atoms with Gasteiger partial charge in [-0.2, -0.15) is 0 Å². The summed E-state index contributed by atoms with van der Waals surface area (Å²) in [4.78, 5) is 13.4. The molecule has 0 bridgehead atoms. The number of hydrogen-bond acceptors (Lipinski definition) is 3. The number of nitrogens with zero attached hydrogens (tertiary/aromatic N) is 1. The molecule has 0 radical (unpaired) electrons. The summed E-state index contributed by atoms with van der Waals surface area (Å²) >= 11 is 5.78. The summed E-state index contributed by atoms with van der Waals surface area (Å²) in [6.45, 7) is 0. The lowest BCUT2D eigenvalue weighted by atomic mass is 9.96. The van der Waals surface area contributed by atoms with Crippen molar-refractivity contribution in [1.82, 2.24) is 0 Å². The molecule has 1 aliphatic rings. The first-order chi connectivity index (χ1) is 9.56. The van der Waals surface area contributed by atoms with Crippen LogP contribution in [0.5, 0.6) is 0 Å². The summed E-state index contributed by atoms with van der Waals surface area (Å²) in [5.41, 5.74) is 9.24. The third-order valence-corrected chi connectivity index (χ3v) is 3.91. The number of anilines is 1. The summed E-state index contributed by atoms with van der Waals surface area (Å²) in [6, 6.07) is 9.01. The van der Waals surface area contributed by atoms with Gasteiger partial charge in [-0.1, -0.05) is 12.1 Å². The van der Waals surface area contributed by atoms with Crippen LogP contribution in [0.2, 0.25) is 5.22 Å². The Kier molecular flexibility index (Phi) is 3.28. The second-order valence-corrected chi connectivity index (χ2v) is 5.33. The van der Waals surface area contributed by atoms with Gasteiger partial charge in [0.1, 0.15) is 5.76 Å². The molecule has 2 N–H and O–H groups in total. The minimum Gasteiger partial charge on any atom is -0.448 e. The minimum absolute atomic E-state index is 0.146. The van der Waals surface area contributed by atoms with E-state index >= 15 is 0 Å². The van der Waals surface area contributed by atoms with Crippen LogP contribution in [-0.4, -0.2) is 13.0 Å². The fraction of sp³-hybridized carbons (Fsp3) is 0.267. The van der Waals surface area contributed by atoms with Crippen molar-refractivity contribution in [1.29, 1.82) is 0 Å². The van der Waals surface area contributed by atoms with Crippen molar-refractivity contribution in [2.45, 2.75) is 18.9 Å². The maximum Gasteiger partial charge on any atom is 0.227 e. The molecule has 2 aromatic rings. The van der Waals surface area contributed by atoms with E-state index in [9.17, 15) is 4.79 Å². The fourth-order valence-electron chi connectivity index (χ4n) is 2.53. The van der Waals surface area contributed by atoms with Gasteiger partial charge in [0.15, 0.2) is 5.22 Å². The maximum atomic E-state index is 11.7. The number of halogens is 1. The molecule has 1 aliphatic heterocycles. The minimum atomic E-state index is -0.351. The SMILES string of the molecule is CN1C(=O)CCc2cc(C(N)c3ccc(Cl)o3)ccc21. The van der Waals surface area contributed by atoms with Gasteiger partial charge < -0.3 is 15.1 Å². The van der Waals surface area contributed by atoms with Crippen LogP contribution >= 0.6 is 11.6 Å². The van der Waals surface area contributed by atoms with E-state index in [0.717, 1.165) is 23.2 Å². The van der Waals surface area contributed by atoms with Crippen molar-refractivity contribution >= 4 is 23.2 Å². The van der Waals surface area contributed by atoms with Crippen molar-refractivity contribution < 1.29 is 9.21 Å². The highest BCUT2D eigenvalue weighted by Gasteiger charge is 2.22. The Morgan fingerprint density at radius 3 is 2.80 bits per heavy atom. The Bertz CT molecular complexity index is 666. The topological polar surface area (TPSA) is 59.5 Å². The smallest absolute Gasteiger partial charge is 0.227 e. The number of aryl methyl sites for hydroxylation is 1. The van der Waals surface area contributed by atoms with Crippen LogP contribution in [0, 0.1) is 0 Å². The van der Waals surface area contributed by atoms with Crippen LogP contribution in [0.1, 0.15) is 29.3 Å². The molecule has 0 aliphatic carbocycles. The Hall–Kier alpha value is -1.78. The van der Waals surface area contributed by atoms with Gasteiger partial charge in [-0.05, 0) is 47.3 Å². The van der Waals surface area contributed by atoms with E-state index in [1.165, 1.54) is 0 Å². The zero-order chi connectivity index (χ0) is 14.3. The van der Waals surface area contributed by atoms with Crippen LogP contribution in [-0.2, 0) is 11.2 Å². The van der Waals surface area contributed by atoms with Crippen LogP contribution in [0.4, 0.5) is 5.69 Å². The van der Waals surface area contributed by atoms with E-state index in [4.69, 9.17) is 21.8 Å². The van der Waals surface area contributed by atoms with Gasteiger partial charge in [-0.3, -0.25) is 4.79 Å². The number of benzene rings is 1. The molecule has 3 rings (SSSR count). The average Bonchev–Trinajstić information content (AvgIpc) is 2.88. The van der Waals surface area contributed by atoms with E-state index in [1.807, 2.05) is 18.2 Å². The molecule has 1 aromatic carbocycles. The van der Waals surface area contributed by atoms with Gasteiger partial charge in [0, 0.05) is 19.2 Å². The molecule has 0 spiro atoms. The lowest BCUT2D eigenvalue weighted by Gasteiger charge is -2.26. The highest BCUT2D eigenvalue weighted by Crippen LogP contribution is 2.31. The number of carbonyl (C=O) groups excluding carboxylic acids is 1. The maximum absolute atomic E-state index is 11.7. The van der Waals surface area contributed by atoms with Crippen LogP contribution in [0.25, 0.3) is 0 Å². The molecule has 2 heterocycles. The summed E-state index contributed by atoms with van der Waals surface area (Å²) in [6.07, 6.45) is 1.28. The number of rotatable bonds is 2. The van der Waals surface area contributed by atoms with E-state index in [1.54, 1.807) is 24.1 Å². The highest BCUT2D eigenvalue weighted by atomic mass is 35.5. The highest BCUT2D eigenvalue weighted by molar-refractivity contribution is 6.28. The molecule has 1 atom stereocenters. The van der Waals surface area contributed by atoms with Crippen LogP contribution in [0.3, 0.4) is 0 Å². The summed E-state index contributed by atoms with van der Waals surface area (Å²) < 4.78 is 5.36. The van der Waals surface area contributed by atoms with Gasteiger partial charge in [0.25, 0.3) is 0 Å². The van der Waals surface area contributed by atoms with Gasteiger partial charge in [-0.15, -0.1) is 0 Å². The number of amides is 1. The second kappa shape index (κ2) is 4.96. The second-order valence-electron chi connectivity index (χ2n) is 4.96. The summed E-state index contributed by atoms with van der Waals surface area (Å²) in [5.74, 6) is 0.780. The standard InChI is InChI=1S/C15H15ClN2O2/c1-18-11-4-2-10(8-9(11)3-7-14(18)19)15(17)12-5-6-13(16)20-12/h2,4-6,8,15H,3,7,17H2,1H3. The Labute approximate surface area is 122 Å². The van der Waals surface area contributed by atoms with Gasteiger partial charge in [0.05, 0.1) is 6.04 Å².